The van der Waals surface area contributed by atoms with E-state index < -0.39 is 0 Å². The van der Waals surface area contributed by atoms with Crippen molar-refractivity contribution in [3.63, 3.8) is 0 Å². The van der Waals surface area contributed by atoms with Crippen molar-refractivity contribution in [2.45, 2.75) is 6.92 Å². The first kappa shape index (κ1) is 17.1. The average molecular weight is 378 g/mol. The summed E-state index contributed by atoms with van der Waals surface area (Å²) in [5.74, 6) is -0.759. The number of thiophene rings is 1. The smallest absolute Gasteiger partial charge is 0.267 e. The van der Waals surface area contributed by atoms with Crippen molar-refractivity contribution in [1.82, 2.24) is 9.97 Å². The van der Waals surface area contributed by atoms with Gasteiger partial charge in [-0.05, 0) is 48.9 Å². The molecule has 3 N–H and O–H groups in total. The molecule has 0 bridgehead atoms. The third kappa shape index (κ3) is 3.24. The average Bonchev–Trinajstić information content (AvgIpc) is 3.02. The predicted molar refractivity (Wildman–Crippen MR) is 106 cm³/mol. The van der Waals surface area contributed by atoms with Crippen LogP contribution in [0.15, 0.2) is 54.9 Å². The molecule has 3 aromatic heterocycles. The molecule has 0 unspecified atom stereocenters. The van der Waals surface area contributed by atoms with Crippen molar-refractivity contribution in [3.8, 4) is 11.3 Å². The quantitative estimate of drug-likeness (QED) is 0.544. The number of pyridine rings is 2. The minimum absolute atomic E-state index is 0.352. The first-order chi connectivity index (χ1) is 13.0. The van der Waals surface area contributed by atoms with Crippen molar-refractivity contribution < 1.29 is 9.18 Å². The van der Waals surface area contributed by atoms with Crippen LogP contribution in [0, 0.1) is 12.7 Å². The van der Waals surface area contributed by atoms with Crippen LogP contribution in [0.4, 0.5) is 15.8 Å². The molecule has 134 valence electrons. The molecule has 5 nitrogen and oxygen atoms in total. The first-order valence-corrected chi connectivity index (χ1v) is 9.01. The van der Waals surface area contributed by atoms with Gasteiger partial charge in [0.15, 0.2) is 0 Å². The summed E-state index contributed by atoms with van der Waals surface area (Å²) < 4.78 is 13.7. The lowest BCUT2D eigenvalue weighted by Gasteiger charge is -2.05. The molecule has 1 amide bonds. The van der Waals surface area contributed by atoms with Gasteiger partial charge in [0.1, 0.15) is 15.5 Å². The van der Waals surface area contributed by atoms with Gasteiger partial charge >= 0.3 is 0 Å². The van der Waals surface area contributed by atoms with Gasteiger partial charge in [0.2, 0.25) is 0 Å². The second kappa shape index (κ2) is 6.77. The van der Waals surface area contributed by atoms with E-state index in [1.165, 1.54) is 17.4 Å². The zero-order valence-corrected chi connectivity index (χ0v) is 15.2. The number of anilines is 2. The van der Waals surface area contributed by atoms with E-state index in [2.05, 4.69) is 15.3 Å². The summed E-state index contributed by atoms with van der Waals surface area (Å²) in [6, 6.07) is 12.0. The van der Waals surface area contributed by atoms with E-state index in [0.29, 0.717) is 26.6 Å². The highest BCUT2D eigenvalue weighted by Gasteiger charge is 2.18. The molecule has 0 saturated heterocycles. The second-order valence-electron chi connectivity index (χ2n) is 6.05. The number of fused-ring (bicyclic) bond motifs is 1. The largest absolute Gasteiger partial charge is 0.397 e. The van der Waals surface area contributed by atoms with Crippen LogP contribution in [0.5, 0.6) is 0 Å². The second-order valence-corrected chi connectivity index (χ2v) is 7.05. The van der Waals surface area contributed by atoms with Crippen LogP contribution in [0.1, 0.15) is 15.2 Å². The maximum absolute atomic E-state index is 13.7. The molecule has 0 spiro atoms. The number of nitrogens with two attached hydrogens (primary N) is 1. The number of nitrogen functional groups attached to an aromatic ring is 1. The molecular weight excluding hydrogens is 363 g/mol. The molecule has 0 aliphatic rings. The van der Waals surface area contributed by atoms with Crippen LogP contribution >= 0.6 is 11.3 Å². The number of hydrogen-bond donors (Lipinski definition) is 2. The number of aromatic nitrogens is 2. The Balaban J connectivity index is 1.68. The number of rotatable bonds is 3. The molecule has 0 saturated carbocycles. The summed E-state index contributed by atoms with van der Waals surface area (Å²) in [4.78, 5) is 22.3. The van der Waals surface area contributed by atoms with E-state index in [1.807, 2.05) is 24.3 Å². The lowest BCUT2D eigenvalue weighted by atomic mass is 10.1. The van der Waals surface area contributed by atoms with Crippen LogP contribution in [-0.4, -0.2) is 15.9 Å². The molecule has 4 rings (SSSR count). The van der Waals surface area contributed by atoms with Gasteiger partial charge in [0.25, 0.3) is 5.91 Å². The van der Waals surface area contributed by atoms with Crippen molar-refractivity contribution in [1.29, 1.82) is 0 Å². The van der Waals surface area contributed by atoms with Gasteiger partial charge in [-0.3, -0.25) is 9.78 Å². The summed E-state index contributed by atoms with van der Waals surface area (Å²) in [7, 11) is 0. The topological polar surface area (TPSA) is 80.9 Å². The zero-order valence-electron chi connectivity index (χ0n) is 14.4. The number of nitrogens with one attached hydrogen (secondary N) is 1. The summed E-state index contributed by atoms with van der Waals surface area (Å²) in [5.41, 5.74) is 9.13. The zero-order chi connectivity index (χ0) is 19.0. The van der Waals surface area contributed by atoms with Crippen molar-refractivity contribution in [2.24, 2.45) is 0 Å². The molecule has 0 aliphatic heterocycles. The van der Waals surface area contributed by atoms with Crippen LogP contribution in [-0.2, 0) is 0 Å². The fourth-order valence-electron chi connectivity index (χ4n) is 2.71. The Morgan fingerprint density at radius 2 is 1.93 bits per heavy atom. The number of halogens is 1. The van der Waals surface area contributed by atoms with E-state index in [0.717, 1.165) is 16.6 Å². The Morgan fingerprint density at radius 1 is 1.15 bits per heavy atom. The third-order valence-electron chi connectivity index (χ3n) is 4.21. The molecule has 0 atom stereocenters. The molecule has 0 fully saturated rings. The number of amides is 1. The Hall–Kier alpha value is -3.32. The van der Waals surface area contributed by atoms with Gasteiger partial charge in [-0.15, -0.1) is 11.3 Å². The Kier molecular flexibility index (Phi) is 4.29. The SMILES string of the molecule is Cc1ccc(NC(=O)c2sc3nc(-c4ccncc4)ccc3c2N)cc1F. The third-order valence-corrected chi connectivity index (χ3v) is 5.32. The van der Waals surface area contributed by atoms with Gasteiger partial charge in [0, 0.05) is 29.0 Å². The minimum Gasteiger partial charge on any atom is -0.397 e. The van der Waals surface area contributed by atoms with Gasteiger partial charge in [-0.1, -0.05) is 6.07 Å². The van der Waals surface area contributed by atoms with E-state index >= 15 is 0 Å². The molecule has 3 heterocycles. The maximum atomic E-state index is 13.7. The molecule has 7 heteroatoms. The van der Waals surface area contributed by atoms with Crippen LogP contribution in [0.3, 0.4) is 0 Å². The Labute approximate surface area is 158 Å². The molecular formula is C20H15FN4OS. The maximum Gasteiger partial charge on any atom is 0.267 e. The van der Waals surface area contributed by atoms with E-state index in [1.54, 1.807) is 31.5 Å². The van der Waals surface area contributed by atoms with Gasteiger partial charge < -0.3 is 11.1 Å². The highest BCUT2D eigenvalue weighted by atomic mass is 32.1. The van der Waals surface area contributed by atoms with Crippen LogP contribution in [0.25, 0.3) is 21.5 Å². The molecule has 0 radical (unpaired) electrons. The van der Waals surface area contributed by atoms with E-state index in [4.69, 9.17) is 5.73 Å². The van der Waals surface area contributed by atoms with Gasteiger partial charge in [0.05, 0.1) is 11.4 Å². The fourth-order valence-corrected chi connectivity index (χ4v) is 3.70. The highest BCUT2D eigenvalue weighted by Crippen LogP contribution is 2.34. The molecule has 1 aromatic carbocycles. The molecule has 27 heavy (non-hydrogen) atoms. The normalized spacial score (nSPS) is 10.9. The monoisotopic (exact) mass is 378 g/mol. The minimum atomic E-state index is -0.385. The fraction of sp³-hybridized carbons (Fsp3) is 0.0500. The number of carbonyl (C=O) groups is 1. The summed E-state index contributed by atoms with van der Waals surface area (Å²) in [5, 5.41) is 3.41. The van der Waals surface area contributed by atoms with Crippen LogP contribution in [0.2, 0.25) is 0 Å². The first-order valence-electron chi connectivity index (χ1n) is 8.20. The number of aryl methyl sites for hydroxylation is 1. The Morgan fingerprint density at radius 3 is 2.67 bits per heavy atom. The van der Waals surface area contributed by atoms with E-state index in [-0.39, 0.29) is 11.7 Å². The van der Waals surface area contributed by atoms with Crippen LogP contribution < -0.4 is 11.1 Å². The summed E-state index contributed by atoms with van der Waals surface area (Å²) >= 11 is 1.21. The highest BCUT2D eigenvalue weighted by molar-refractivity contribution is 7.21. The molecule has 4 aromatic rings. The van der Waals surface area contributed by atoms with Gasteiger partial charge in [-0.2, -0.15) is 0 Å². The van der Waals surface area contributed by atoms with Crippen molar-refractivity contribution in [2.75, 3.05) is 11.1 Å². The van der Waals surface area contributed by atoms with Gasteiger partial charge in [-0.25, -0.2) is 9.37 Å². The lowest BCUT2D eigenvalue weighted by molar-refractivity contribution is 0.103. The predicted octanol–water partition coefficient (Wildman–Crippen LogP) is 4.64. The number of nitrogens with zero attached hydrogens (tertiary/aromatic N) is 2. The van der Waals surface area contributed by atoms with E-state index in [9.17, 15) is 9.18 Å². The number of hydrogen-bond acceptors (Lipinski definition) is 5. The number of benzene rings is 1. The van der Waals surface area contributed by atoms with Crippen molar-refractivity contribution >= 4 is 38.8 Å². The summed E-state index contributed by atoms with van der Waals surface area (Å²) in [6.07, 6.45) is 3.40. The summed E-state index contributed by atoms with van der Waals surface area (Å²) in [6.45, 7) is 1.66. The molecule has 0 aliphatic carbocycles. The Bertz CT molecular complexity index is 1160. The number of carbonyl (C=O) groups excluding carboxylic acids is 1. The lowest BCUT2D eigenvalue weighted by Crippen LogP contribution is -2.12. The standard InChI is InChI=1S/C20H15FN4OS/c1-11-2-3-13(10-15(11)21)24-19(26)18-17(22)14-4-5-16(25-20(14)27-18)12-6-8-23-9-7-12/h2-10H,22H2,1H3,(H,24,26). The van der Waals surface area contributed by atoms with Crippen molar-refractivity contribution in [3.05, 3.63) is 71.1 Å².